The minimum absolute atomic E-state index is 0.106. The number of aromatic hydroxyl groups is 1. The van der Waals surface area contributed by atoms with E-state index in [2.05, 4.69) is 10.6 Å². The van der Waals surface area contributed by atoms with Crippen molar-refractivity contribution in [2.75, 3.05) is 5.32 Å². The van der Waals surface area contributed by atoms with Crippen LogP contribution in [0.4, 0.5) is 5.69 Å². The highest BCUT2D eigenvalue weighted by molar-refractivity contribution is 6.40. The van der Waals surface area contributed by atoms with Gasteiger partial charge < -0.3 is 15.7 Å². The van der Waals surface area contributed by atoms with Crippen molar-refractivity contribution in [3.63, 3.8) is 0 Å². The number of carbonyl (C=O) groups excluding carboxylic acids is 2. The van der Waals surface area contributed by atoms with Crippen LogP contribution < -0.4 is 10.6 Å². The largest absolute Gasteiger partial charge is 0.507 e. The van der Waals surface area contributed by atoms with E-state index in [1.165, 1.54) is 0 Å². The van der Waals surface area contributed by atoms with Crippen molar-refractivity contribution in [1.82, 2.24) is 5.32 Å². The topological polar surface area (TPSA) is 78.4 Å². The number of hydrogen-bond donors (Lipinski definition) is 3. The number of hydrogen-bond acceptors (Lipinski definition) is 3. The van der Waals surface area contributed by atoms with Crippen molar-refractivity contribution >= 4 is 28.3 Å². The fourth-order valence-corrected chi connectivity index (χ4v) is 2.90. The summed E-state index contributed by atoms with van der Waals surface area (Å²) in [7, 11) is 0. The number of phenols is 1. The van der Waals surface area contributed by atoms with Gasteiger partial charge in [-0.25, -0.2) is 0 Å². The molecular weight excluding hydrogens is 280 g/mol. The summed E-state index contributed by atoms with van der Waals surface area (Å²) in [6.45, 7) is 0. The van der Waals surface area contributed by atoms with Crippen molar-refractivity contribution in [3.05, 3.63) is 36.4 Å². The molecule has 0 bridgehead atoms. The molecule has 3 N–H and O–H groups in total. The van der Waals surface area contributed by atoms with Crippen molar-refractivity contribution in [3.8, 4) is 5.75 Å². The summed E-state index contributed by atoms with van der Waals surface area (Å²) in [6, 6.07) is 10.4. The normalized spacial score (nSPS) is 14.9. The number of carbonyl (C=O) groups is 2. The molecule has 1 aliphatic rings. The van der Waals surface area contributed by atoms with Crippen molar-refractivity contribution in [2.45, 2.75) is 31.7 Å². The lowest BCUT2D eigenvalue weighted by Gasteiger charge is -2.13. The Morgan fingerprint density at radius 2 is 1.64 bits per heavy atom. The van der Waals surface area contributed by atoms with E-state index in [0.717, 1.165) is 25.7 Å². The van der Waals surface area contributed by atoms with Crippen LogP contribution in [0.15, 0.2) is 36.4 Å². The number of amides is 2. The molecule has 0 spiro atoms. The van der Waals surface area contributed by atoms with E-state index >= 15 is 0 Å². The summed E-state index contributed by atoms with van der Waals surface area (Å²) in [6.07, 6.45) is 4.05. The third kappa shape index (κ3) is 2.88. The SMILES string of the molecule is O=C(Nc1cccc2c(O)cccc12)C(=O)NC1CCCC1. The third-order valence-corrected chi connectivity index (χ3v) is 4.04. The summed E-state index contributed by atoms with van der Waals surface area (Å²) in [5.41, 5.74) is 0.514. The van der Waals surface area contributed by atoms with E-state index in [4.69, 9.17) is 0 Å². The molecule has 0 atom stereocenters. The van der Waals surface area contributed by atoms with Crippen LogP contribution in [0.5, 0.6) is 5.75 Å². The molecule has 0 aliphatic heterocycles. The fraction of sp³-hybridized carbons (Fsp3) is 0.294. The number of phenolic OH excluding ortho intramolecular Hbond substituents is 1. The van der Waals surface area contributed by atoms with E-state index in [0.29, 0.717) is 16.5 Å². The first kappa shape index (κ1) is 14.4. The molecule has 1 saturated carbocycles. The van der Waals surface area contributed by atoms with Gasteiger partial charge in [-0.15, -0.1) is 0 Å². The van der Waals surface area contributed by atoms with Crippen molar-refractivity contribution in [2.24, 2.45) is 0 Å². The molecule has 2 aromatic rings. The van der Waals surface area contributed by atoms with Crippen LogP contribution in [-0.2, 0) is 9.59 Å². The summed E-state index contributed by atoms with van der Waals surface area (Å²) >= 11 is 0. The average molecular weight is 298 g/mol. The van der Waals surface area contributed by atoms with Crippen LogP contribution in [0, 0.1) is 0 Å². The number of fused-ring (bicyclic) bond motifs is 1. The molecule has 0 heterocycles. The van der Waals surface area contributed by atoms with Crippen LogP contribution in [0.1, 0.15) is 25.7 Å². The van der Waals surface area contributed by atoms with Gasteiger partial charge in [-0.1, -0.05) is 37.1 Å². The van der Waals surface area contributed by atoms with Crippen LogP contribution in [0.3, 0.4) is 0 Å². The number of benzene rings is 2. The number of nitrogens with one attached hydrogen (secondary N) is 2. The maximum atomic E-state index is 12.0. The second-order valence-corrected chi connectivity index (χ2v) is 5.59. The Morgan fingerprint density at radius 3 is 2.41 bits per heavy atom. The quantitative estimate of drug-likeness (QED) is 0.746. The molecule has 0 unspecified atom stereocenters. The fourth-order valence-electron chi connectivity index (χ4n) is 2.90. The van der Waals surface area contributed by atoms with Gasteiger partial charge in [-0.05, 0) is 25.0 Å². The Bertz CT molecular complexity index is 721. The zero-order valence-corrected chi connectivity index (χ0v) is 12.1. The molecular formula is C17H18N2O3. The van der Waals surface area contributed by atoms with Gasteiger partial charge in [0.05, 0.1) is 0 Å². The lowest BCUT2D eigenvalue weighted by Crippen LogP contribution is -2.40. The number of rotatable bonds is 2. The molecule has 5 nitrogen and oxygen atoms in total. The Labute approximate surface area is 128 Å². The third-order valence-electron chi connectivity index (χ3n) is 4.04. The highest BCUT2D eigenvalue weighted by Gasteiger charge is 2.21. The molecule has 1 fully saturated rings. The molecule has 3 rings (SSSR count). The first-order valence-corrected chi connectivity index (χ1v) is 7.48. The highest BCUT2D eigenvalue weighted by Crippen LogP contribution is 2.29. The van der Waals surface area contributed by atoms with E-state index in [1.807, 2.05) is 0 Å². The molecule has 0 radical (unpaired) electrons. The maximum absolute atomic E-state index is 12.0. The first-order valence-electron chi connectivity index (χ1n) is 7.48. The zero-order valence-electron chi connectivity index (χ0n) is 12.1. The van der Waals surface area contributed by atoms with Gasteiger partial charge in [-0.3, -0.25) is 9.59 Å². The monoisotopic (exact) mass is 298 g/mol. The zero-order chi connectivity index (χ0) is 15.5. The first-order chi connectivity index (χ1) is 10.6. The summed E-state index contributed by atoms with van der Waals surface area (Å²) in [5, 5.41) is 16.6. The van der Waals surface area contributed by atoms with E-state index in [1.54, 1.807) is 36.4 Å². The van der Waals surface area contributed by atoms with Crippen LogP contribution in [0.2, 0.25) is 0 Å². The Kier molecular flexibility index (Phi) is 3.96. The molecule has 1 aliphatic carbocycles. The Morgan fingerprint density at radius 1 is 0.955 bits per heavy atom. The molecule has 0 aromatic heterocycles. The average Bonchev–Trinajstić information content (AvgIpc) is 3.01. The van der Waals surface area contributed by atoms with Gasteiger partial charge in [0.1, 0.15) is 5.75 Å². The second-order valence-electron chi connectivity index (χ2n) is 5.59. The highest BCUT2D eigenvalue weighted by atomic mass is 16.3. The summed E-state index contributed by atoms with van der Waals surface area (Å²) in [5.74, 6) is -1.14. The van der Waals surface area contributed by atoms with Gasteiger partial charge in [0, 0.05) is 22.5 Å². The lowest BCUT2D eigenvalue weighted by atomic mass is 10.1. The van der Waals surface area contributed by atoms with Gasteiger partial charge >= 0.3 is 11.8 Å². The molecule has 114 valence electrons. The molecule has 22 heavy (non-hydrogen) atoms. The smallest absolute Gasteiger partial charge is 0.313 e. The van der Waals surface area contributed by atoms with Gasteiger partial charge in [0.2, 0.25) is 0 Å². The van der Waals surface area contributed by atoms with Crippen LogP contribution in [-0.4, -0.2) is 23.0 Å². The lowest BCUT2D eigenvalue weighted by molar-refractivity contribution is -0.136. The van der Waals surface area contributed by atoms with E-state index in [-0.39, 0.29) is 11.8 Å². The number of anilines is 1. The minimum Gasteiger partial charge on any atom is -0.507 e. The minimum atomic E-state index is -0.678. The molecule has 2 aromatic carbocycles. The second kappa shape index (κ2) is 6.05. The summed E-state index contributed by atoms with van der Waals surface area (Å²) < 4.78 is 0. The van der Waals surface area contributed by atoms with Crippen LogP contribution >= 0.6 is 0 Å². The maximum Gasteiger partial charge on any atom is 0.313 e. The predicted molar refractivity (Wildman–Crippen MR) is 84.6 cm³/mol. The standard InChI is InChI=1S/C17H18N2O3/c20-15-10-4-7-12-13(15)8-3-9-14(12)19-17(22)16(21)18-11-5-1-2-6-11/h3-4,7-11,20H,1-2,5-6H2,(H,18,21)(H,19,22). The predicted octanol–water partition coefficient (Wildman–Crippen LogP) is 2.54. The van der Waals surface area contributed by atoms with E-state index < -0.39 is 11.8 Å². The van der Waals surface area contributed by atoms with Gasteiger partial charge in [0.15, 0.2) is 0 Å². The van der Waals surface area contributed by atoms with Gasteiger partial charge in [-0.2, -0.15) is 0 Å². The molecule has 2 amide bonds. The van der Waals surface area contributed by atoms with Crippen molar-refractivity contribution < 1.29 is 14.7 Å². The van der Waals surface area contributed by atoms with Crippen molar-refractivity contribution in [1.29, 1.82) is 0 Å². The summed E-state index contributed by atoms with van der Waals surface area (Å²) in [4.78, 5) is 24.0. The van der Waals surface area contributed by atoms with Gasteiger partial charge in [0.25, 0.3) is 0 Å². The Hall–Kier alpha value is -2.56. The van der Waals surface area contributed by atoms with E-state index in [9.17, 15) is 14.7 Å². The van der Waals surface area contributed by atoms with Crippen LogP contribution in [0.25, 0.3) is 10.8 Å². The Balaban J connectivity index is 1.76. The molecule has 5 heteroatoms. The molecule has 0 saturated heterocycles.